The zero-order chi connectivity index (χ0) is 17.8. The van der Waals surface area contributed by atoms with E-state index in [0.29, 0.717) is 6.42 Å². The van der Waals surface area contributed by atoms with E-state index >= 15 is 0 Å². The maximum atomic E-state index is 12.0. The molecule has 0 spiro atoms. The third-order valence-corrected chi connectivity index (χ3v) is 4.62. The number of rotatable bonds is 5. The van der Waals surface area contributed by atoms with Crippen molar-refractivity contribution in [1.29, 1.82) is 0 Å². The summed E-state index contributed by atoms with van der Waals surface area (Å²) in [6.45, 7) is 1.77. The lowest BCUT2D eigenvalue weighted by Crippen LogP contribution is -2.38. The highest BCUT2D eigenvalue weighted by atomic mass is 35.5. The molecule has 2 amide bonds. The standard InChI is InChI=1S/C14H19ClN2O5S/c1-9(18)7-8-17(2)14(20)13(19)16-11-6-4-5-10(15)12(11)23(3,21)22/h4-6,9,18H,7-8H2,1-3H3,(H,16,19)/t9-/m1/s1. The number of hydrogen-bond acceptors (Lipinski definition) is 5. The molecule has 0 aromatic heterocycles. The molecule has 0 unspecified atom stereocenters. The van der Waals surface area contributed by atoms with Gasteiger partial charge in [0.25, 0.3) is 0 Å². The van der Waals surface area contributed by atoms with Gasteiger partial charge in [-0.2, -0.15) is 0 Å². The third-order valence-electron chi connectivity index (χ3n) is 3.01. The lowest BCUT2D eigenvalue weighted by atomic mass is 10.2. The number of benzene rings is 1. The number of nitrogens with zero attached hydrogens (tertiary/aromatic N) is 1. The van der Waals surface area contributed by atoms with Crippen molar-refractivity contribution in [2.45, 2.75) is 24.3 Å². The first-order valence-corrected chi connectivity index (χ1v) is 9.04. The van der Waals surface area contributed by atoms with Crippen LogP contribution in [0, 0.1) is 0 Å². The molecule has 1 rings (SSSR count). The molecule has 0 fully saturated rings. The molecule has 0 radical (unpaired) electrons. The Bertz CT molecular complexity index is 703. The van der Waals surface area contributed by atoms with Gasteiger partial charge in [0.05, 0.1) is 16.8 Å². The minimum atomic E-state index is -3.68. The van der Waals surface area contributed by atoms with Crippen LogP contribution in [0.2, 0.25) is 5.02 Å². The predicted molar refractivity (Wildman–Crippen MR) is 87.1 cm³/mol. The van der Waals surface area contributed by atoms with Crippen LogP contribution in [0.15, 0.2) is 23.1 Å². The van der Waals surface area contributed by atoms with Gasteiger partial charge in [-0.15, -0.1) is 0 Å². The van der Waals surface area contributed by atoms with E-state index < -0.39 is 27.8 Å². The minimum Gasteiger partial charge on any atom is -0.393 e. The van der Waals surface area contributed by atoms with E-state index in [0.717, 1.165) is 11.2 Å². The van der Waals surface area contributed by atoms with Gasteiger partial charge < -0.3 is 15.3 Å². The number of anilines is 1. The summed E-state index contributed by atoms with van der Waals surface area (Å²) in [5.41, 5.74) is -0.0534. The van der Waals surface area contributed by atoms with Crippen LogP contribution in [0.1, 0.15) is 13.3 Å². The number of nitrogens with one attached hydrogen (secondary N) is 1. The van der Waals surface area contributed by atoms with Crippen molar-refractivity contribution < 1.29 is 23.1 Å². The largest absolute Gasteiger partial charge is 0.393 e. The van der Waals surface area contributed by atoms with Gasteiger partial charge in [0.1, 0.15) is 4.90 Å². The van der Waals surface area contributed by atoms with Crippen LogP contribution in [0.3, 0.4) is 0 Å². The summed E-state index contributed by atoms with van der Waals surface area (Å²) in [6, 6.07) is 4.20. The SMILES string of the molecule is C[C@@H](O)CCN(C)C(=O)C(=O)Nc1cccc(Cl)c1S(C)(=O)=O. The van der Waals surface area contributed by atoms with E-state index in [-0.39, 0.29) is 22.2 Å². The summed E-state index contributed by atoms with van der Waals surface area (Å²) in [4.78, 5) is 24.8. The molecule has 0 aliphatic heterocycles. The Morgan fingerprint density at radius 3 is 2.52 bits per heavy atom. The second kappa shape index (κ2) is 7.76. The normalized spacial score (nSPS) is 12.6. The summed E-state index contributed by atoms with van der Waals surface area (Å²) in [6.07, 6.45) is 0.680. The molecule has 1 atom stereocenters. The molecular formula is C14H19ClN2O5S. The number of amides is 2. The van der Waals surface area contributed by atoms with Gasteiger partial charge in [0.15, 0.2) is 9.84 Å². The zero-order valence-electron chi connectivity index (χ0n) is 13.0. The quantitative estimate of drug-likeness (QED) is 0.758. The third kappa shape index (κ3) is 5.49. The first kappa shape index (κ1) is 19.4. The number of aliphatic hydroxyl groups is 1. The van der Waals surface area contributed by atoms with E-state index in [1.807, 2.05) is 0 Å². The van der Waals surface area contributed by atoms with Crippen molar-refractivity contribution in [3.8, 4) is 0 Å². The Morgan fingerprint density at radius 2 is 2.00 bits per heavy atom. The van der Waals surface area contributed by atoms with Gasteiger partial charge in [0, 0.05) is 19.8 Å². The average molecular weight is 363 g/mol. The number of hydrogen-bond donors (Lipinski definition) is 2. The molecule has 7 nitrogen and oxygen atoms in total. The Balaban J connectivity index is 2.94. The highest BCUT2D eigenvalue weighted by Gasteiger charge is 2.23. The highest BCUT2D eigenvalue weighted by Crippen LogP contribution is 2.29. The summed E-state index contributed by atoms with van der Waals surface area (Å²) in [5.74, 6) is -1.82. The fraction of sp³-hybridized carbons (Fsp3) is 0.429. The molecule has 0 heterocycles. The Morgan fingerprint density at radius 1 is 1.39 bits per heavy atom. The van der Waals surface area contributed by atoms with E-state index in [1.165, 1.54) is 25.2 Å². The van der Waals surface area contributed by atoms with Crippen molar-refractivity contribution in [3.63, 3.8) is 0 Å². The predicted octanol–water partition coefficient (Wildman–Crippen LogP) is 0.911. The molecule has 0 saturated heterocycles. The molecule has 23 heavy (non-hydrogen) atoms. The summed E-state index contributed by atoms with van der Waals surface area (Å²) in [5, 5.41) is 11.4. The lowest BCUT2D eigenvalue weighted by Gasteiger charge is -2.18. The number of aliphatic hydroxyl groups excluding tert-OH is 1. The van der Waals surface area contributed by atoms with Crippen molar-refractivity contribution in [3.05, 3.63) is 23.2 Å². The summed E-state index contributed by atoms with van der Waals surface area (Å²) >= 11 is 5.87. The molecule has 9 heteroatoms. The highest BCUT2D eigenvalue weighted by molar-refractivity contribution is 7.91. The van der Waals surface area contributed by atoms with E-state index in [2.05, 4.69) is 5.32 Å². The first-order chi connectivity index (χ1) is 10.5. The minimum absolute atomic E-state index is 0.0415. The summed E-state index contributed by atoms with van der Waals surface area (Å²) in [7, 11) is -2.27. The molecule has 0 saturated carbocycles. The lowest BCUT2D eigenvalue weighted by molar-refractivity contribution is -0.142. The molecule has 128 valence electrons. The van der Waals surface area contributed by atoms with Gasteiger partial charge in [-0.3, -0.25) is 9.59 Å². The Hall–Kier alpha value is -1.64. The first-order valence-electron chi connectivity index (χ1n) is 6.77. The fourth-order valence-electron chi connectivity index (χ4n) is 1.82. The van der Waals surface area contributed by atoms with Crippen molar-refractivity contribution in [1.82, 2.24) is 4.90 Å². The smallest absolute Gasteiger partial charge is 0.313 e. The summed E-state index contributed by atoms with van der Waals surface area (Å²) < 4.78 is 23.6. The molecule has 1 aromatic rings. The van der Waals surface area contributed by atoms with Gasteiger partial charge in [-0.25, -0.2) is 8.42 Å². The average Bonchev–Trinajstić information content (AvgIpc) is 2.42. The topological polar surface area (TPSA) is 104 Å². The van der Waals surface area contributed by atoms with Gasteiger partial charge in [-0.1, -0.05) is 17.7 Å². The van der Waals surface area contributed by atoms with Crippen LogP contribution in [0.5, 0.6) is 0 Å². The van der Waals surface area contributed by atoms with Crippen LogP contribution >= 0.6 is 11.6 Å². The second-order valence-electron chi connectivity index (χ2n) is 5.21. The number of likely N-dealkylation sites (N-methyl/N-ethyl adjacent to an activating group) is 1. The monoisotopic (exact) mass is 362 g/mol. The maximum Gasteiger partial charge on any atom is 0.313 e. The van der Waals surface area contributed by atoms with E-state index in [4.69, 9.17) is 11.6 Å². The molecule has 2 N–H and O–H groups in total. The molecule has 1 aromatic carbocycles. The molecule has 0 bridgehead atoms. The van der Waals surface area contributed by atoms with Crippen molar-refractivity contribution >= 4 is 38.9 Å². The van der Waals surface area contributed by atoms with Gasteiger partial charge in [-0.05, 0) is 25.5 Å². The fourth-order valence-corrected chi connectivity index (χ4v) is 3.35. The zero-order valence-corrected chi connectivity index (χ0v) is 14.6. The van der Waals surface area contributed by atoms with Gasteiger partial charge >= 0.3 is 11.8 Å². The van der Waals surface area contributed by atoms with Crippen LogP contribution in [0.25, 0.3) is 0 Å². The number of carbonyl (C=O) groups excluding carboxylic acids is 2. The van der Waals surface area contributed by atoms with Crippen LogP contribution < -0.4 is 5.32 Å². The van der Waals surface area contributed by atoms with Crippen molar-refractivity contribution in [2.75, 3.05) is 25.2 Å². The van der Waals surface area contributed by atoms with Crippen molar-refractivity contribution in [2.24, 2.45) is 0 Å². The Kier molecular flexibility index (Phi) is 6.55. The number of halogens is 1. The number of carbonyl (C=O) groups is 2. The number of sulfone groups is 1. The molecular weight excluding hydrogens is 344 g/mol. The van der Waals surface area contributed by atoms with E-state index in [1.54, 1.807) is 6.92 Å². The second-order valence-corrected chi connectivity index (χ2v) is 7.57. The Labute approximate surface area is 140 Å². The van der Waals surface area contributed by atoms with E-state index in [9.17, 15) is 23.1 Å². The van der Waals surface area contributed by atoms with Crippen LogP contribution in [-0.2, 0) is 19.4 Å². The maximum absolute atomic E-state index is 12.0. The molecule has 0 aliphatic rings. The van der Waals surface area contributed by atoms with Crippen LogP contribution in [0.4, 0.5) is 5.69 Å². The van der Waals surface area contributed by atoms with Gasteiger partial charge in [0.2, 0.25) is 0 Å². The van der Waals surface area contributed by atoms with Crippen LogP contribution in [-0.4, -0.2) is 56.2 Å². The molecule has 0 aliphatic carbocycles.